The molecular weight excluding hydrogens is 465 g/mol. The summed E-state index contributed by atoms with van der Waals surface area (Å²) in [4.78, 5) is 2.52. The molecule has 0 spiro atoms. The summed E-state index contributed by atoms with van der Waals surface area (Å²) in [7, 11) is -1.85. The van der Waals surface area contributed by atoms with Crippen molar-refractivity contribution < 1.29 is 0 Å². The first-order valence-electron chi connectivity index (χ1n) is 15.1. The Hall–Kier alpha value is -1.07. The van der Waals surface area contributed by atoms with E-state index >= 15 is 0 Å². The van der Waals surface area contributed by atoms with Gasteiger partial charge in [-0.05, 0) is 0 Å². The molecule has 0 aromatic heterocycles. The molecule has 0 aromatic rings. The van der Waals surface area contributed by atoms with Gasteiger partial charge in [-0.2, -0.15) is 0 Å². The molecule has 0 aliphatic carbocycles. The van der Waals surface area contributed by atoms with Crippen molar-refractivity contribution in [3.05, 3.63) is 60.2 Å². The summed E-state index contributed by atoms with van der Waals surface area (Å²) in [5.74, 6) is 0.879. The molecule has 0 aliphatic heterocycles. The van der Waals surface area contributed by atoms with Crippen LogP contribution in [-0.2, 0) is 0 Å². The number of allylic oxidation sites excluding steroid dienone is 4. The first-order valence-corrected chi connectivity index (χ1v) is 18.2. The van der Waals surface area contributed by atoms with Crippen LogP contribution < -0.4 is 0 Å². The summed E-state index contributed by atoms with van der Waals surface area (Å²) in [5.41, 5.74) is 5.69. The quantitative estimate of drug-likeness (QED) is 0.0910. The molecule has 1 nitrogen and oxygen atoms in total. The van der Waals surface area contributed by atoms with Gasteiger partial charge in [-0.1, -0.05) is 0 Å². The van der Waals surface area contributed by atoms with E-state index in [9.17, 15) is 0 Å². The molecule has 0 heterocycles. The van der Waals surface area contributed by atoms with Crippen molar-refractivity contribution in [1.29, 1.82) is 0 Å². The minimum atomic E-state index is -1.85. The van der Waals surface area contributed by atoms with Crippen LogP contribution in [0.5, 0.6) is 0 Å². The van der Waals surface area contributed by atoms with Gasteiger partial charge in [0.1, 0.15) is 0 Å². The summed E-state index contributed by atoms with van der Waals surface area (Å²) in [6, 6.07) is 0.308. The Morgan fingerprint density at radius 1 is 0.811 bits per heavy atom. The predicted molar refractivity (Wildman–Crippen MR) is 177 cm³/mol. The zero-order valence-corrected chi connectivity index (χ0v) is 28.3. The average Bonchev–Trinajstić information content (AvgIpc) is 2.83. The third-order valence-corrected chi connectivity index (χ3v) is 14.4. The zero-order valence-electron chi connectivity index (χ0n) is 27.3. The standard InChI is InChI=1S/C35H66NP/c1-17-19-21-23-28(7)31(10)36(34(27(5)6)24-22-20-18-2)25-29(8)32(11)37(15,16)33(12)35(13,14)30(9)26(3)4/h25,28,30,32,34,37H,3,5,10,12,17-24H2,1-2,4,6-9,11,13-16H3/b29-25+. The van der Waals surface area contributed by atoms with Crippen molar-refractivity contribution in [2.75, 3.05) is 13.3 Å². The van der Waals surface area contributed by atoms with Crippen LogP contribution in [0.3, 0.4) is 0 Å². The molecule has 216 valence electrons. The predicted octanol–water partition coefficient (Wildman–Crippen LogP) is 11.6. The van der Waals surface area contributed by atoms with Gasteiger partial charge in [-0.3, -0.25) is 0 Å². The number of unbranched alkanes of at least 4 members (excludes halogenated alkanes) is 4. The van der Waals surface area contributed by atoms with E-state index in [1.165, 1.54) is 72.7 Å². The van der Waals surface area contributed by atoms with E-state index in [0.717, 1.165) is 6.42 Å². The molecule has 0 N–H and O–H groups in total. The molecule has 4 unspecified atom stereocenters. The SMILES string of the molecule is C=C(C)C(CCCCC)N(/C=C(\C)C(C)[PH](C)(C)C(=C)C(C)(C)C(C)C(=C)C)C(=C)C(C)CCCCC. The summed E-state index contributed by atoms with van der Waals surface area (Å²) in [6.45, 7) is 46.3. The second-order valence-electron chi connectivity index (χ2n) is 13.2. The van der Waals surface area contributed by atoms with Crippen molar-refractivity contribution in [1.82, 2.24) is 4.90 Å². The molecule has 4 atom stereocenters. The molecule has 0 rings (SSSR count). The molecule has 0 fully saturated rings. The van der Waals surface area contributed by atoms with Crippen LogP contribution >= 0.6 is 7.26 Å². The number of nitrogens with zero attached hydrogens (tertiary/aromatic N) is 1. The average molecular weight is 532 g/mol. The number of rotatable bonds is 19. The van der Waals surface area contributed by atoms with Crippen LogP contribution in [0.15, 0.2) is 60.2 Å². The van der Waals surface area contributed by atoms with Crippen LogP contribution in [0.25, 0.3) is 0 Å². The Labute approximate surface area is 235 Å². The van der Waals surface area contributed by atoms with Crippen molar-refractivity contribution in [2.45, 2.75) is 132 Å². The maximum atomic E-state index is 4.75. The number of hydrogen-bond acceptors (Lipinski definition) is 1. The fraction of sp³-hybridized carbons (Fsp3) is 0.714. The van der Waals surface area contributed by atoms with E-state index in [2.05, 4.69) is 113 Å². The molecule has 0 saturated heterocycles. The van der Waals surface area contributed by atoms with E-state index in [-0.39, 0.29) is 5.41 Å². The second-order valence-corrected chi connectivity index (χ2v) is 18.2. The van der Waals surface area contributed by atoms with Gasteiger partial charge in [0.25, 0.3) is 0 Å². The van der Waals surface area contributed by atoms with Crippen molar-refractivity contribution >= 4 is 7.26 Å². The van der Waals surface area contributed by atoms with Gasteiger partial charge in [0, 0.05) is 0 Å². The first kappa shape index (κ1) is 35.9. The topological polar surface area (TPSA) is 3.24 Å². The molecule has 2 heteroatoms. The minimum absolute atomic E-state index is 0.0353. The normalized spacial score (nSPS) is 16.5. The van der Waals surface area contributed by atoms with Gasteiger partial charge in [-0.15, -0.1) is 0 Å². The summed E-state index contributed by atoms with van der Waals surface area (Å²) >= 11 is 0. The van der Waals surface area contributed by atoms with E-state index in [4.69, 9.17) is 6.58 Å². The summed E-state index contributed by atoms with van der Waals surface area (Å²) < 4.78 is 0. The fourth-order valence-electron chi connectivity index (χ4n) is 5.57. The first-order chi connectivity index (χ1) is 17.0. The van der Waals surface area contributed by atoms with Gasteiger partial charge in [-0.25, -0.2) is 0 Å². The van der Waals surface area contributed by atoms with E-state index in [0.29, 0.717) is 23.5 Å². The summed E-state index contributed by atoms with van der Waals surface area (Å²) in [6.07, 6.45) is 12.4. The molecule has 0 radical (unpaired) electrons. The van der Waals surface area contributed by atoms with Crippen LogP contribution in [0, 0.1) is 17.3 Å². The van der Waals surface area contributed by atoms with Crippen LogP contribution in [0.4, 0.5) is 0 Å². The van der Waals surface area contributed by atoms with Gasteiger partial charge >= 0.3 is 235 Å². The molecule has 0 saturated carbocycles. The van der Waals surface area contributed by atoms with Gasteiger partial charge in [0.2, 0.25) is 0 Å². The molecule has 0 aromatic carbocycles. The van der Waals surface area contributed by atoms with E-state index in [1.54, 1.807) is 0 Å². The fourth-order valence-corrected chi connectivity index (χ4v) is 9.19. The monoisotopic (exact) mass is 531 g/mol. The van der Waals surface area contributed by atoms with Crippen LogP contribution in [0.2, 0.25) is 0 Å². The van der Waals surface area contributed by atoms with Gasteiger partial charge < -0.3 is 0 Å². The van der Waals surface area contributed by atoms with Gasteiger partial charge in [0.05, 0.1) is 0 Å². The number of hydrogen-bond donors (Lipinski definition) is 0. The molecule has 0 bridgehead atoms. The third-order valence-electron chi connectivity index (χ3n) is 9.61. The molecule has 0 amide bonds. The maximum absolute atomic E-state index is 4.75. The van der Waals surface area contributed by atoms with Crippen molar-refractivity contribution in [3.63, 3.8) is 0 Å². The zero-order chi connectivity index (χ0) is 29.1. The van der Waals surface area contributed by atoms with Crippen LogP contribution in [0.1, 0.15) is 121 Å². The second kappa shape index (κ2) is 16.1. The summed E-state index contributed by atoms with van der Waals surface area (Å²) in [5, 5.41) is 1.44. The van der Waals surface area contributed by atoms with E-state index < -0.39 is 7.26 Å². The van der Waals surface area contributed by atoms with E-state index in [1.807, 2.05) is 0 Å². The Morgan fingerprint density at radius 2 is 1.30 bits per heavy atom. The Kier molecular flexibility index (Phi) is 15.7. The molecular formula is C35H66NP. The third kappa shape index (κ3) is 10.2. The van der Waals surface area contributed by atoms with Crippen molar-refractivity contribution in [3.8, 4) is 0 Å². The van der Waals surface area contributed by atoms with Gasteiger partial charge in [0.15, 0.2) is 0 Å². The Morgan fingerprint density at radius 3 is 1.73 bits per heavy atom. The molecule has 0 aliphatic rings. The van der Waals surface area contributed by atoms with Crippen LogP contribution in [-0.4, -0.2) is 29.9 Å². The Bertz CT molecular complexity index is 796. The van der Waals surface area contributed by atoms with Crippen molar-refractivity contribution in [2.24, 2.45) is 17.3 Å². The molecule has 37 heavy (non-hydrogen) atoms. The Balaban J connectivity index is 6.33.